The molecule has 1 aromatic rings. The van der Waals surface area contributed by atoms with Gasteiger partial charge in [-0.3, -0.25) is 4.90 Å². The summed E-state index contributed by atoms with van der Waals surface area (Å²) in [5.74, 6) is 0.984. The molecule has 1 aliphatic heterocycles. The Morgan fingerprint density at radius 2 is 2.00 bits per heavy atom. The Morgan fingerprint density at radius 1 is 1.21 bits per heavy atom. The minimum absolute atomic E-state index is 0.576. The Morgan fingerprint density at radius 3 is 2.63 bits per heavy atom. The van der Waals surface area contributed by atoms with Gasteiger partial charge in [0.2, 0.25) is 0 Å². The lowest BCUT2D eigenvalue weighted by atomic mass is 10.0. The Balaban J connectivity index is 1.40. The molecule has 104 valence electrons. The van der Waals surface area contributed by atoms with E-state index in [1.807, 2.05) is 12.3 Å². The van der Waals surface area contributed by atoms with Crippen molar-refractivity contribution < 1.29 is 0 Å². The van der Waals surface area contributed by atoms with Crippen LogP contribution in [0, 0.1) is 5.92 Å². The molecule has 1 saturated heterocycles. The van der Waals surface area contributed by atoms with Crippen LogP contribution < -0.4 is 5.32 Å². The highest BCUT2D eigenvalue weighted by Gasteiger charge is 2.24. The van der Waals surface area contributed by atoms with Gasteiger partial charge < -0.3 is 5.32 Å². The summed E-state index contributed by atoms with van der Waals surface area (Å²) < 4.78 is 0. The van der Waals surface area contributed by atoms with Crippen LogP contribution in [0.25, 0.3) is 0 Å². The lowest BCUT2D eigenvalue weighted by Gasteiger charge is -2.32. The second-order valence-corrected chi connectivity index (χ2v) is 6.28. The van der Waals surface area contributed by atoms with Gasteiger partial charge >= 0.3 is 0 Å². The molecule has 0 atom stereocenters. The number of likely N-dealkylation sites (tertiary alicyclic amines) is 1. The quantitative estimate of drug-likeness (QED) is 0.840. The Labute approximate surface area is 120 Å². The van der Waals surface area contributed by atoms with Crippen molar-refractivity contribution in [1.29, 1.82) is 0 Å². The summed E-state index contributed by atoms with van der Waals surface area (Å²) in [5, 5.41) is 4.29. The first-order valence-corrected chi connectivity index (χ1v) is 7.73. The first-order valence-electron chi connectivity index (χ1n) is 7.36. The van der Waals surface area contributed by atoms with E-state index in [1.54, 1.807) is 0 Å². The molecule has 0 unspecified atom stereocenters. The van der Waals surface area contributed by atoms with E-state index in [-0.39, 0.29) is 0 Å². The van der Waals surface area contributed by atoms with Crippen molar-refractivity contribution >= 4 is 11.6 Å². The van der Waals surface area contributed by atoms with Gasteiger partial charge in [-0.25, -0.2) is 4.98 Å². The summed E-state index contributed by atoms with van der Waals surface area (Å²) in [4.78, 5) is 6.66. The topological polar surface area (TPSA) is 28.2 Å². The SMILES string of the molecule is Clc1ccc(CN2CCC(NCC3CC3)CC2)cn1. The van der Waals surface area contributed by atoms with Gasteiger partial charge in [0, 0.05) is 18.8 Å². The molecule has 0 amide bonds. The summed E-state index contributed by atoms with van der Waals surface area (Å²) >= 11 is 5.81. The van der Waals surface area contributed by atoms with E-state index in [0.29, 0.717) is 5.15 Å². The van der Waals surface area contributed by atoms with Crippen LogP contribution in [0.2, 0.25) is 5.15 Å². The number of aromatic nitrogens is 1. The zero-order valence-corrected chi connectivity index (χ0v) is 12.1. The summed E-state index contributed by atoms with van der Waals surface area (Å²) in [6.07, 6.45) is 7.31. The smallest absolute Gasteiger partial charge is 0.129 e. The van der Waals surface area contributed by atoms with Crippen molar-refractivity contribution in [3.8, 4) is 0 Å². The Hall–Kier alpha value is -0.640. The van der Waals surface area contributed by atoms with Crippen LogP contribution >= 0.6 is 11.6 Å². The molecule has 0 radical (unpaired) electrons. The van der Waals surface area contributed by atoms with Gasteiger partial charge in [-0.2, -0.15) is 0 Å². The fourth-order valence-corrected chi connectivity index (χ4v) is 2.82. The van der Waals surface area contributed by atoms with Crippen molar-refractivity contribution in [1.82, 2.24) is 15.2 Å². The van der Waals surface area contributed by atoms with E-state index in [0.717, 1.165) is 18.5 Å². The minimum atomic E-state index is 0.576. The molecule has 3 rings (SSSR count). The maximum atomic E-state index is 5.81. The van der Waals surface area contributed by atoms with E-state index < -0.39 is 0 Å². The number of hydrogen-bond donors (Lipinski definition) is 1. The van der Waals surface area contributed by atoms with Crippen LogP contribution in [0.5, 0.6) is 0 Å². The molecule has 2 fully saturated rings. The molecule has 1 N–H and O–H groups in total. The third-order valence-electron chi connectivity index (χ3n) is 4.17. The average Bonchev–Trinajstić information content (AvgIpc) is 3.25. The zero-order valence-electron chi connectivity index (χ0n) is 11.3. The number of pyridine rings is 1. The highest BCUT2D eigenvalue weighted by Crippen LogP contribution is 2.28. The van der Waals surface area contributed by atoms with Gasteiger partial charge in [0.15, 0.2) is 0 Å². The molecule has 1 aliphatic carbocycles. The van der Waals surface area contributed by atoms with Crippen molar-refractivity contribution in [2.75, 3.05) is 19.6 Å². The van der Waals surface area contributed by atoms with Gasteiger partial charge in [-0.1, -0.05) is 17.7 Å². The maximum absolute atomic E-state index is 5.81. The third kappa shape index (κ3) is 4.16. The van der Waals surface area contributed by atoms with Crippen molar-refractivity contribution in [3.63, 3.8) is 0 Å². The van der Waals surface area contributed by atoms with E-state index in [1.165, 1.54) is 50.9 Å². The van der Waals surface area contributed by atoms with Crippen molar-refractivity contribution in [2.45, 2.75) is 38.3 Å². The number of hydrogen-bond acceptors (Lipinski definition) is 3. The van der Waals surface area contributed by atoms with Gasteiger partial charge in [0.05, 0.1) is 0 Å². The minimum Gasteiger partial charge on any atom is -0.314 e. The van der Waals surface area contributed by atoms with Gasteiger partial charge in [-0.15, -0.1) is 0 Å². The Bertz CT molecular complexity index is 394. The molecule has 1 saturated carbocycles. The third-order valence-corrected chi connectivity index (χ3v) is 4.40. The Kier molecular flexibility index (Phi) is 4.36. The first-order chi connectivity index (χ1) is 9.29. The maximum Gasteiger partial charge on any atom is 0.129 e. The second kappa shape index (κ2) is 6.21. The monoisotopic (exact) mass is 279 g/mol. The standard InChI is InChI=1S/C15H22ClN3/c16-15-4-3-13(10-18-15)11-19-7-5-14(6-8-19)17-9-12-1-2-12/h3-4,10,12,14,17H,1-2,5-9,11H2. The molecule has 0 bridgehead atoms. The van der Waals surface area contributed by atoms with Crippen molar-refractivity contribution in [3.05, 3.63) is 29.0 Å². The van der Waals surface area contributed by atoms with Gasteiger partial charge in [0.25, 0.3) is 0 Å². The molecular formula is C15H22ClN3. The normalized spacial score (nSPS) is 21.7. The lowest BCUT2D eigenvalue weighted by molar-refractivity contribution is 0.190. The fraction of sp³-hybridized carbons (Fsp3) is 0.667. The second-order valence-electron chi connectivity index (χ2n) is 5.89. The molecule has 3 nitrogen and oxygen atoms in total. The molecule has 19 heavy (non-hydrogen) atoms. The average molecular weight is 280 g/mol. The van der Waals surface area contributed by atoms with Crippen LogP contribution in [0.15, 0.2) is 18.3 Å². The highest BCUT2D eigenvalue weighted by atomic mass is 35.5. The summed E-state index contributed by atoms with van der Waals surface area (Å²) in [6.45, 7) is 4.61. The summed E-state index contributed by atoms with van der Waals surface area (Å²) in [5.41, 5.74) is 1.26. The molecule has 0 aromatic carbocycles. The largest absolute Gasteiger partial charge is 0.314 e. The molecule has 0 spiro atoms. The summed E-state index contributed by atoms with van der Waals surface area (Å²) in [6, 6.07) is 4.69. The van der Waals surface area contributed by atoms with E-state index in [4.69, 9.17) is 11.6 Å². The molecule has 2 heterocycles. The number of piperidine rings is 1. The predicted octanol–water partition coefficient (Wildman–Crippen LogP) is 2.70. The number of nitrogens with zero attached hydrogens (tertiary/aromatic N) is 2. The number of halogens is 1. The molecular weight excluding hydrogens is 258 g/mol. The number of nitrogens with one attached hydrogen (secondary N) is 1. The van der Waals surface area contributed by atoms with E-state index >= 15 is 0 Å². The zero-order chi connectivity index (χ0) is 13.1. The van der Waals surface area contributed by atoms with Gasteiger partial charge in [0.1, 0.15) is 5.15 Å². The first kappa shape index (κ1) is 13.3. The molecule has 4 heteroatoms. The number of rotatable bonds is 5. The fourth-order valence-electron chi connectivity index (χ4n) is 2.71. The van der Waals surface area contributed by atoms with Crippen LogP contribution in [0.1, 0.15) is 31.2 Å². The highest BCUT2D eigenvalue weighted by molar-refractivity contribution is 6.29. The van der Waals surface area contributed by atoms with Crippen LogP contribution in [0.4, 0.5) is 0 Å². The van der Waals surface area contributed by atoms with Gasteiger partial charge in [-0.05, 0) is 62.9 Å². The predicted molar refractivity (Wildman–Crippen MR) is 78.3 cm³/mol. The van der Waals surface area contributed by atoms with Crippen molar-refractivity contribution in [2.24, 2.45) is 5.92 Å². The summed E-state index contributed by atoms with van der Waals surface area (Å²) in [7, 11) is 0. The van der Waals surface area contributed by atoms with Crippen LogP contribution in [-0.4, -0.2) is 35.6 Å². The van der Waals surface area contributed by atoms with Crippen LogP contribution in [0.3, 0.4) is 0 Å². The molecule has 2 aliphatic rings. The molecule has 1 aromatic heterocycles. The lowest BCUT2D eigenvalue weighted by Crippen LogP contribution is -2.42. The van der Waals surface area contributed by atoms with E-state index in [2.05, 4.69) is 21.3 Å². The van der Waals surface area contributed by atoms with Crippen LogP contribution in [-0.2, 0) is 6.54 Å². The van der Waals surface area contributed by atoms with E-state index in [9.17, 15) is 0 Å².